The Labute approximate surface area is 152 Å². The molecule has 0 saturated carbocycles. The number of carbonyl (C=O) groups is 1. The van der Waals surface area contributed by atoms with Crippen LogP contribution in [0.25, 0.3) is 10.9 Å². The summed E-state index contributed by atoms with van der Waals surface area (Å²) in [7, 11) is 3.73. The van der Waals surface area contributed by atoms with Crippen molar-refractivity contribution in [1.82, 2.24) is 19.4 Å². The van der Waals surface area contributed by atoms with Crippen LogP contribution >= 0.6 is 0 Å². The lowest BCUT2D eigenvalue weighted by molar-refractivity contribution is -0.105. The number of amides is 1. The van der Waals surface area contributed by atoms with Crippen molar-refractivity contribution in [3.8, 4) is 0 Å². The first-order chi connectivity index (χ1) is 12.6. The molecular weight excluding hydrogens is 334 g/mol. The van der Waals surface area contributed by atoms with Crippen LogP contribution in [0.1, 0.15) is 5.82 Å². The lowest BCUT2D eigenvalue weighted by atomic mass is 10.2. The van der Waals surface area contributed by atoms with Gasteiger partial charge in [-0.05, 0) is 25.2 Å². The number of hydrogen-bond acceptors (Lipinski definition) is 6. The van der Waals surface area contributed by atoms with Gasteiger partial charge in [-0.1, -0.05) is 0 Å². The molecule has 8 nitrogen and oxygen atoms in total. The number of anilines is 1. The smallest absolute Gasteiger partial charge is 0.261 e. The molecule has 1 aliphatic rings. The number of rotatable bonds is 7. The van der Waals surface area contributed by atoms with E-state index in [0.29, 0.717) is 42.7 Å². The van der Waals surface area contributed by atoms with Gasteiger partial charge in [0.25, 0.3) is 5.56 Å². The first kappa shape index (κ1) is 18.5. The number of fused-ring (bicyclic) bond motifs is 1. The summed E-state index contributed by atoms with van der Waals surface area (Å²) in [5.74, 6) is 0.750. The van der Waals surface area contributed by atoms with Gasteiger partial charge >= 0.3 is 0 Å². The monoisotopic (exact) mass is 359 g/mol. The maximum absolute atomic E-state index is 13.0. The average Bonchev–Trinajstić information content (AvgIpc) is 2.64. The molecule has 1 N–H and O–H groups in total. The maximum atomic E-state index is 13.0. The normalized spacial score (nSPS) is 16.1. The quantitative estimate of drug-likeness (QED) is 0.719. The number of likely N-dealkylation sites (N-methyl/N-ethyl adjacent to an activating group) is 1. The lowest BCUT2D eigenvalue weighted by Gasteiger charge is -2.32. The predicted octanol–water partition coefficient (Wildman–Crippen LogP) is 0.359. The minimum absolute atomic E-state index is 0.106. The maximum Gasteiger partial charge on any atom is 0.261 e. The Kier molecular flexibility index (Phi) is 5.97. The number of hydrogen-bond donors (Lipinski definition) is 1. The molecule has 8 heteroatoms. The molecular formula is C18H25N5O3. The zero-order chi connectivity index (χ0) is 18.5. The van der Waals surface area contributed by atoms with E-state index in [1.54, 1.807) is 29.9 Å². The van der Waals surface area contributed by atoms with Crippen molar-refractivity contribution in [3.05, 3.63) is 34.4 Å². The fourth-order valence-corrected chi connectivity index (χ4v) is 3.16. The topological polar surface area (TPSA) is 79.7 Å². The van der Waals surface area contributed by atoms with Crippen molar-refractivity contribution in [2.24, 2.45) is 0 Å². The highest BCUT2D eigenvalue weighted by atomic mass is 16.5. The molecule has 140 valence electrons. The van der Waals surface area contributed by atoms with Crippen LogP contribution in [0, 0.1) is 0 Å². The third-order valence-electron chi connectivity index (χ3n) is 4.74. The third kappa shape index (κ3) is 4.09. The molecule has 3 rings (SSSR count). The van der Waals surface area contributed by atoms with Crippen molar-refractivity contribution < 1.29 is 9.53 Å². The molecule has 1 aromatic heterocycles. The summed E-state index contributed by atoms with van der Waals surface area (Å²) in [5, 5.41) is 3.08. The molecule has 0 atom stereocenters. The van der Waals surface area contributed by atoms with Crippen LogP contribution < -0.4 is 10.9 Å². The summed E-state index contributed by atoms with van der Waals surface area (Å²) in [5.41, 5.74) is 1.12. The number of ether oxygens (including phenoxy) is 1. The molecule has 2 heterocycles. The summed E-state index contributed by atoms with van der Waals surface area (Å²) in [6, 6.07) is 5.20. The predicted molar refractivity (Wildman–Crippen MR) is 100 cm³/mol. The summed E-state index contributed by atoms with van der Waals surface area (Å²) in [6.45, 7) is 5.46. The minimum atomic E-state index is -0.106. The highest BCUT2D eigenvalue weighted by Gasteiger charge is 2.18. The van der Waals surface area contributed by atoms with Gasteiger partial charge in [0.2, 0.25) is 6.41 Å². The van der Waals surface area contributed by atoms with Crippen LogP contribution in [0.3, 0.4) is 0 Å². The first-order valence-corrected chi connectivity index (χ1v) is 8.76. The second kappa shape index (κ2) is 8.39. The van der Waals surface area contributed by atoms with E-state index in [2.05, 4.69) is 22.2 Å². The van der Waals surface area contributed by atoms with Crippen LogP contribution in [0.2, 0.25) is 0 Å². The summed E-state index contributed by atoms with van der Waals surface area (Å²) in [6.07, 6.45) is 0.597. The SMILES string of the molecule is COCCn1c(CN2CCN(C)CC2)nc2ccc(NC=O)cc2c1=O. The Balaban J connectivity index is 1.98. The number of carbonyl (C=O) groups excluding carboxylic acids is 1. The molecule has 1 amide bonds. The van der Waals surface area contributed by atoms with E-state index in [9.17, 15) is 9.59 Å². The van der Waals surface area contributed by atoms with Crippen LogP contribution in [0.15, 0.2) is 23.0 Å². The number of benzene rings is 1. The highest BCUT2D eigenvalue weighted by Crippen LogP contribution is 2.16. The van der Waals surface area contributed by atoms with E-state index in [1.165, 1.54) is 0 Å². The molecule has 1 aliphatic heterocycles. The molecule has 0 spiro atoms. The lowest BCUT2D eigenvalue weighted by Crippen LogP contribution is -2.45. The van der Waals surface area contributed by atoms with Gasteiger partial charge in [0, 0.05) is 39.0 Å². The van der Waals surface area contributed by atoms with E-state index in [-0.39, 0.29) is 5.56 Å². The van der Waals surface area contributed by atoms with Crippen molar-refractivity contribution in [1.29, 1.82) is 0 Å². The van der Waals surface area contributed by atoms with E-state index in [4.69, 9.17) is 9.72 Å². The van der Waals surface area contributed by atoms with E-state index < -0.39 is 0 Å². The molecule has 0 aliphatic carbocycles. The minimum Gasteiger partial charge on any atom is -0.383 e. The van der Waals surface area contributed by atoms with Crippen LogP contribution in [0.4, 0.5) is 5.69 Å². The summed E-state index contributed by atoms with van der Waals surface area (Å²) in [4.78, 5) is 33.1. The van der Waals surface area contributed by atoms with Gasteiger partial charge in [-0.2, -0.15) is 0 Å². The molecule has 1 saturated heterocycles. The molecule has 0 bridgehead atoms. The fraction of sp³-hybridized carbons (Fsp3) is 0.500. The highest BCUT2D eigenvalue weighted by molar-refractivity contribution is 5.84. The van der Waals surface area contributed by atoms with Crippen LogP contribution in [-0.2, 0) is 22.6 Å². The first-order valence-electron chi connectivity index (χ1n) is 8.76. The van der Waals surface area contributed by atoms with E-state index in [1.807, 2.05) is 0 Å². The second-order valence-corrected chi connectivity index (χ2v) is 6.55. The van der Waals surface area contributed by atoms with Crippen molar-refractivity contribution in [2.75, 3.05) is 52.3 Å². The zero-order valence-electron chi connectivity index (χ0n) is 15.3. The van der Waals surface area contributed by atoms with Gasteiger partial charge < -0.3 is 15.0 Å². The van der Waals surface area contributed by atoms with E-state index in [0.717, 1.165) is 32.0 Å². The average molecular weight is 359 g/mol. The number of methoxy groups -OCH3 is 1. The van der Waals surface area contributed by atoms with Gasteiger partial charge in [-0.3, -0.25) is 19.1 Å². The van der Waals surface area contributed by atoms with Crippen LogP contribution in [0.5, 0.6) is 0 Å². The van der Waals surface area contributed by atoms with E-state index >= 15 is 0 Å². The van der Waals surface area contributed by atoms with Crippen molar-refractivity contribution >= 4 is 23.0 Å². The Hall–Kier alpha value is -2.29. The number of aromatic nitrogens is 2. The molecule has 1 fully saturated rings. The molecule has 1 aromatic carbocycles. The molecule has 2 aromatic rings. The van der Waals surface area contributed by atoms with Crippen molar-refractivity contribution in [2.45, 2.75) is 13.1 Å². The fourth-order valence-electron chi connectivity index (χ4n) is 3.16. The van der Waals surface area contributed by atoms with Gasteiger partial charge in [-0.15, -0.1) is 0 Å². The van der Waals surface area contributed by atoms with Gasteiger partial charge in [0.15, 0.2) is 0 Å². The van der Waals surface area contributed by atoms with Gasteiger partial charge in [-0.25, -0.2) is 4.98 Å². The second-order valence-electron chi connectivity index (χ2n) is 6.55. The Morgan fingerprint density at radius 2 is 2.04 bits per heavy atom. The number of nitrogens with zero attached hydrogens (tertiary/aromatic N) is 4. The molecule has 0 unspecified atom stereocenters. The Morgan fingerprint density at radius 3 is 2.73 bits per heavy atom. The largest absolute Gasteiger partial charge is 0.383 e. The Morgan fingerprint density at radius 1 is 1.27 bits per heavy atom. The molecule has 0 radical (unpaired) electrons. The van der Waals surface area contributed by atoms with Crippen molar-refractivity contribution in [3.63, 3.8) is 0 Å². The summed E-state index contributed by atoms with van der Waals surface area (Å²) < 4.78 is 6.86. The standard InChI is InChI=1S/C18H25N5O3/c1-21-5-7-22(8-6-21)12-17-20-16-4-3-14(19-13-24)11-15(16)18(25)23(17)9-10-26-2/h3-4,11,13H,5-10,12H2,1-2H3,(H,19,24). The zero-order valence-corrected chi connectivity index (χ0v) is 15.3. The van der Waals surface area contributed by atoms with Gasteiger partial charge in [0.1, 0.15) is 5.82 Å². The summed E-state index contributed by atoms with van der Waals surface area (Å²) >= 11 is 0. The number of nitrogens with one attached hydrogen (secondary N) is 1. The Bertz CT molecular complexity index is 827. The number of piperazine rings is 1. The third-order valence-corrected chi connectivity index (χ3v) is 4.74. The van der Waals surface area contributed by atoms with Gasteiger partial charge in [0.05, 0.1) is 30.6 Å². The van der Waals surface area contributed by atoms with Crippen LogP contribution in [-0.4, -0.2) is 72.7 Å². The molecule has 26 heavy (non-hydrogen) atoms.